The Morgan fingerprint density at radius 1 is 1.12 bits per heavy atom. The van der Waals surface area contributed by atoms with Gasteiger partial charge in [-0.1, -0.05) is 25.6 Å². The van der Waals surface area contributed by atoms with E-state index in [1.54, 1.807) is 39.0 Å². The maximum atomic E-state index is 11.9. The molecule has 0 atom stereocenters. The maximum absolute atomic E-state index is 11.9. The number of amides is 2. The molecule has 0 aliphatic rings. The van der Waals surface area contributed by atoms with Crippen LogP contribution >= 0.6 is 0 Å². The van der Waals surface area contributed by atoms with Gasteiger partial charge in [0.15, 0.2) is 0 Å². The van der Waals surface area contributed by atoms with Gasteiger partial charge in [-0.3, -0.25) is 10.6 Å². The first-order valence-corrected chi connectivity index (χ1v) is 11.0. The van der Waals surface area contributed by atoms with Crippen molar-refractivity contribution in [2.75, 3.05) is 10.6 Å². The van der Waals surface area contributed by atoms with Gasteiger partial charge >= 0.3 is 12.2 Å². The molecule has 0 aromatic heterocycles. The van der Waals surface area contributed by atoms with Gasteiger partial charge in [-0.25, -0.2) is 9.59 Å². The van der Waals surface area contributed by atoms with E-state index in [2.05, 4.69) is 41.7 Å². The molecule has 130 valence electrons. The minimum atomic E-state index is -1.54. The SMILES string of the molecule is CC(C)(C)OC(=O)Nc1ccc(C#C[Si](C)(C)C)cc1NC(=O)O. The van der Waals surface area contributed by atoms with Crippen LogP contribution in [0.5, 0.6) is 0 Å². The summed E-state index contributed by atoms with van der Waals surface area (Å²) in [4.78, 5) is 22.9. The molecule has 0 spiro atoms. The summed E-state index contributed by atoms with van der Waals surface area (Å²) in [6, 6.07) is 4.92. The average Bonchev–Trinajstić information content (AvgIpc) is 2.35. The van der Waals surface area contributed by atoms with Crippen LogP contribution in [0.4, 0.5) is 21.0 Å². The topological polar surface area (TPSA) is 87.7 Å². The van der Waals surface area contributed by atoms with Crippen LogP contribution in [0.2, 0.25) is 19.6 Å². The molecule has 0 heterocycles. The number of hydrogen-bond acceptors (Lipinski definition) is 3. The quantitative estimate of drug-likeness (QED) is 0.547. The van der Waals surface area contributed by atoms with Gasteiger partial charge < -0.3 is 9.84 Å². The summed E-state index contributed by atoms with van der Waals surface area (Å²) in [5, 5.41) is 13.8. The molecule has 7 heteroatoms. The lowest BCUT2D eigenvalue weighted by atomic mass is 10.1. The summed E-state index contributed by atoms with van der Waals surface area (Å²) in [6.07, 6.45) is -1.88. The van der Waals surface area contributed by atoms with Gasteiger partial charge in [0, 0.05) is 5.56 Å². The second-order valence-electron chi connectivity index (χ2n) is 7.32. The summed E-state index contributed by atoms with van der Waals surface area (Å²) < 4.78 is 5.18. The van der Waals surface area contributed by atoms with Crippen molar-refractivity contribution in [3.63, 3.8) is 0 Å². The van der Waals surface area contributed by atoms with E-state index in [1.807, 2.05) is 0 Å². The molecule has 0 radical (unpaired) electrons. The number of carboxylic acid groups (broad SMARTS) is 1. The zero-order chi connectivity index (χ0) is 18.5. The molecule has 0 fully saturated rings. The highest BCUT2D eigenvalue weighted by atomic mass is 28.3. The Labute approximate surface area is 143 Å². The minimum Gasteiger partial charge on any atom is -0.465 e. The third kappa shape index (κ3) is 7.69. The zero-order valence-corrected chi connectivity index (χ0v) is 15.9. The largest absolute Gasteiger partial charge is 0.465 e. The number of anilines is 2. The van der Waals surface area contributed by atoms with E-state index in [0.29, 0.717) is 11.3 Å². The lowest BCUT2D eigenvalue weighted by Crippen LogP contribution is -2.27. The van der Waals surface area contributed by atoms with Crippen molar-refractivity contribution in [3.05, 3.63) is 23.8 Å². The van der Waals surface area contributed by atoms with E-state index in [1.165, 1.54) is 0 Å². The third-order valence-electron chi connectivity index (χ3n) is 2.48. The summed E-state index contributed by atoms with van der Waals surface area (Å²) in [5.74, 6) is 3.05. The molecular formula is C17H24N2O4Si. The van der Waals surface area contributed by atoms with Gasteiger partial charge in [-0.15, -0.1) is 5.54 Å². The lowest BCUT2D eigenvalue weighted by Gasteiger charge is -2.20. The number of rotatable bonds is 2. The van der Waals surface area contributed by atoms with Crippen LogP contribution in [0.3, 0.4) is 0 Å². The molecule has 2 amide bonds. The molecule has 0 aliphatic carbocycles. The summed E-state index contributed by atoms with van der Waals surface area (Å²) in [7, 11) is -1.54. The molecule has 0 unspecified atom stereocenters. The monoisotopic (exact) mass is 348 g/mol. The van der Waals surface area contributed by atoms with Crippen LogP contribution in [0.1, 0.15) is 26.3 Å². The van der Waals surface area contributed by atoms with E-state index in [0.717, 1.165) is 0 Å². The fourth-order valence-corrected chi connectivity index (χ4v) is 2.14. The van der Waals surface area contributed by atoms with Crippen molar-refractivity contribution >= 4 is 31.6 Å². The fraction of sp³-hybridized carbons (Fsp3) is 0.412. The molecular weight excluding hydrogens is 324 g/mol. The molecule has 0 aliphatic heterocycles. The molecule has 1 rings (SSSR count). The van der Waals surface area contributed by atoms with Crippen LogP contribution in [0, 0.1) is 11.5 Å². The Balaban J connectivity index is 3.09. The maximum Gasteiger partial charge on any atom is 0.412 e. The number of hydrogen-bond donors (Lipinski definition) is 3. The lowest BCUT2D eigenvalue weighted by molar-refractivity contribution is 0.0636. The number of carbonyl (C=O) groups excluding carboxylic acids is 1. The van der Waals surface area contributed by atoms with Crippen LogP contribution in [0.15, 0.2) is 18.2 Å². The Hall–Kier alpha value is -2.46. The second kappa shape index (κ2) is 7.40. The second-order valence-corrected chi connectivity index (χ2v) is 12.1. The van der Waals surface area contributed by atoms with Gasteiger partial charge in [-0.2, -0.15) is 0 Å². The molecule has 3 N–H and O–H groups in total. The van der Waals surface area contributed by atoms with Crippen LogP contribution in [-0.2, 0) is 4.74 Å². The zero-order valence-electron chi connectivity index (χ0n) is 14.9. The van der Waals surface area contributed by atoms with Crippen LogP contribution < -0.4 is 10.6 Å². The summed E-state index contributed by atoms with van der Waals surface area (Å²) >= 11 is 0. The van der Waals surface area contributed by atoms with Crippen molar-refractivity contribution < 1.29 is 19.4 Å². The molecule has 0 saturated carbocycles. The van der Waals surface area contributed by atoms with Gasteiger partial charge in [0.2, 0.25) is 0 Å². The molecule has 0 bridgehead atoms. The van der Waals surface area contributed by atoms with Gasteiger partial charge in [0.05, 0.1) is 11.4 Å². The van der Waals surface area contributed by atoms with Crippen LogP contribution in [-0.4, -0.2) is 31.0 Å². The van der Waals surface area contributed by atoms with Gasteiger partial charge in [0.25, 0.3) is 0 Å². The van der Waals surface area contributed by atoms with E-state index < -0.39 is 25.9 Å². The minimum absolute atomic E-state index is 0.246. The van der Waals surface area contributed by atoms with Crippen molar-refractivity contribution in [1.29, 1.82) is 0 Å². The molecule has 6 nitrogen and oxygen atoms in total. The average molecular weight is 348 g/mol. The summed E-state index contributed by atoms with van der Waals surface area (Å²) in [6.45, 7) is 11.6. The molecule has 1 aromatic carbocycles. The third-order valence-corrected chi connectivity index (χ3v) is 3.35. The number of ether oxygens (including phenoxy) is 1. The first-order valence-electron chi connectivity index (χ1n) is 7.53. The van der Waals surface area contributed by atoms with Gasteiger partial charge in [-0.05, 0) is 39.0 Å². The normalized spacial score (nSPS) is 11.1. The van der Waals surface area contributed by atoms with Crippen LogP contribution in [0.25, 0.3) is 0 Å². The summed E-state index contributed by atoms with van der Waals surface area (Å²) in [5.41, 5.74) is 3.80. The van der Waals surface area contributed by atoms with E-state index >= 15 is 0 Å². The van der Waals surface area contributed by atoms with E-state index in [9.17, 15) is 9.59 Å². The van der Waals surface area contributed by atoms with E-state index in [-0.39, 0.29) is 5.69 Å². The number of carbonyl (C=O) groups is 2. The predicted molar refractivity (Wildman–Crippen MR) is 98.2 cm³/mol. The number of nitrogens with one attached hydrogen (secondary N) is 2. The molecule has 0 saturated heterocycles. The standard InChI is InChI=1S/C17H24N2O4Si/c1-17(2,3)23-16(22)19-13-8-7-12(9-10-24(4,5)6)11-14(13)18-15(20)21/h7-8,11,18H,1-6H3,(H,19,22)(H,20,21). The first kappa shape index (κ1) is 19.6. The Bertz CT molecular complexity index is 691. The van der Waals surface area contributed by atoms with Crippen molar-refractivity contribution in [2.24, 2.45) is 0 Å². The molecule has 24 heavy (non-hydrogen) atoms. The van der Waals surface area contributed by atoms with Gasteiger partial charge in [0.1, 0.15) is 13.7 Å². The predicted octanol–water partition coefficient (Wildman–Crippen LogP) is 4.35. The van der Waals surface area contributed by atoms with Crippen molar-refractivity contribution in [1.82, 2.24) is 0 Å². The van der Waals surface area contributed by atoms with E-state index in [4.69, 9.17) is 9.84 Å². The Morgan fingerprint density at radius 3 is 2.25 bits per heavy atom. The highest BCUT2D eigenvalue weighted by molar-refractivity contribution is 6.83. The van der Waals surface area contributed by atoms with Crippen molar-refractivity contribution in [2.45, 2.75) is 46.0 Å². The fourth-order valence-electron chi connectivity index (χ4n) is 1.62. The van der Waals surface area contributed by atoms with Crippen molar-refractivity contribution in [3.8, 4) is 11.5 Å². The first-order chi connectivity index (χ1) is 10.9. The highest BCUT2D eigenvalue weighted by Crippen LogP contribution is 2.24. The highest BCUT2D eigenvalue weighted by Gasteiger charge is 2.18. The smallest absolute Gasteiger partial charge is 0.412 e. The molecule has 1 aromatic rings. The Kier molecular flexibility index (Phi) is 6.04. The Morgan fingerprint density at radius 2 is 1.75 bits per heavy atom. The number of benzene rings is 1.